The number of carbonyl (C=O) groups is 2. The van der Waals surface area contributed by atoms with Crippen LogP contribution in [0.5, 0.6) is 0 Å². The lowest BCUT2D eigenvalue weighted by Crippen LogP contribution is -2.32. The van der Waals surface area contributed by atoms with E-state index in [0.29, 0.717) is 13.1 Å². The number of amides is 2. The maximum absolute atomic E-state index is 12.5. The zero-order valence-electron chi connectivity index (χ0n) is 14.6. The van der Waals surface area contributed by atoms with Gasteiger partial charge in [0.05, 0.1) is 17.6 Å². The van der Waals surface area contributed by atoms with Crippen molar-refractivity contribution in [1.29, 1.82) is 0 Å². The van der Waals surface area contributed by atoms with E-state index in [1.165, 1.54) is 0 Å². The van der Waals surface area contributed by atoms with Crippen molar-refractivity contribution in [3.63, 3.8) is 0 Å². The lowest BCUT2D eigenvalue weighted by molar-refractivity contribution is -0.126. The third-order valence-electron chi connectivity index (χ3n) is 4.80. The normalized spacial score (nSPS) is 17.0. The molecule has 4 rings (SSSR count). The Bertz CT molecular complexity index is 961. The Kier molecular flexibility index (Phi) is 4.16. The van der Waals surface area contributed by atoms with Crippen LogP contribution in [-0.2, 0) is 16.1 Å². The highest BCUT2D eigenvalue weighted by molar-refractivity contribution is 6.00. The molecule has 1 N–H and O–H groups in total. The number of pyridine rings is 1. The van der Waals surface area contributed by atoms with E-state index in [4.69, 9.17) is 0 Å². The van der Waals surface area contributed by atoms with Crippen molar-refractivity contribution in [3.05, 3.63) is 66.0 Å². The molecular formula is C20H20N4O2. The van der Waals surface area contributed by atoms with Crippen LogP contribution in [0.3, 0.4) is 0 Å². The number of benzene rings is 1. The monoisotopic (exact) mass is 348 g/mol. The van der Waals surface area contributed by atoms with Crippen molar-refractivity contribution >= 4 is 23.0 Å². The summed E-state index contributed by atoms with van der Waals surface area (Å²) in [6.07, 6.45) is 3.87. The number of carbonyl (C=O) groups excluding carboxylic acids is 2. The van der Waals surface area contributed by atoms with Crippen LogP contribution in [0.1, 0.15) is 17.5 Å². The Morgan fingerprint density at radius 3 is 2.85 bits per heavy atom. The Labute approximate surface area is 151 Å². The van der Waals surface area contributed by atoms with E-state index in [0.717, 1.165) is 22.3 Å². The van der Waals surface area contributed by atoms with Crippen LogP contribution in [0, 0.1) is 12.8 Å². The summed E-state index contributed by atoms with van der Waals surface area (Å²) in [5, 5.41) is 7.22. The zero-order valence-corrected chi connectivity index (χ0v) is 14.6. The number of hydrogen-bond acceptors (Lipinski definition) is 3. The zero-order chi connectivity index (χ0) is 18.1. The summed E-state index contributed by atoms with van der Waals surface area (Å²) in [5.74, 6) is -0.432. The van der Waals surface area contributed by atoms with E-state index in [-0.39, 0.29) is 24.2 Å². The van der Waals surface area contributed by atoms with Crippen LogP contribution in [0.15, 0.2) is 54.9 Å². The second kappa shape index (κ2) is 6.63. The first-order chi connectivity index (χ1) is 12.6. The summed E-state index contributed by atoms with van der Waals surface area (Å²) in [5.41, 5.74) is 3.91. The average molecular weight is 348 g/mol. The molecule has 0 unspecified atom stereocenters. The molecule has 2 aromatic heterocycles. The third-order valence-corrected chi connectivity index (χ3v) is 4.80. The first-order valence-corrected chi connectivity index (χ1v) is 8.68. The molecule has 1 aromatic carbocycles. The van der Waals surface area contributed by atoms with Gasteiger partial charge in [0.15, 0.2) is 0 Å². The van der Waals surface area contributed by atoms with Crippen LogP contribution in [-0.4, -0.2) is 28.0 Å². The van der Waals surface area contributed by atoms with Gasteiger partial charge in [0, 0.05) is 37.0 Å². The highest BCUT2D eigenvalue weighted by Gasteiger charge is 2.35. The van der Waals surface area contributed by atoms with E-state index < -0.39 is 0 Å². The van der Waals surface area contributed by atoms with E-state index in [1.807, 2.05) is 55.6 Å². The number of aromatic nitrogens is 2. The van der Waals surface area contributed by atoms with Gasteiger partial charge in [-0.2, -0.15) is 5.10 Å². The summed E-state index contributed by atoms with van der Waals surface area (Å²) in [7, 11) is 0. The van der Waals surface area contributed by atoms with Crippen LogP contribution in [0.4, 0.5) is 5.69 Å². The number of hydrogen-bond donors (Lipinski definition) is 1. The van der Waals surface area contributed by atoms with Crippen LogP contribution >= 0.6 is 0 Å². The number of aryl methyl sites for hydroxylation is 1. The van der Waals surface area contributed by atoms with Gasteiger partial charge in [-0.1, -0.05) is 23.8 Å². The van der Waals surface area contributed by atoms with Gasteiger partial charge >= 0.3 is 0 Å². The van der Waals surface area contributed by atoms with Gasteiger partial charge < -0.3 is 10.2 Å². The first-order valence-electron chi connectivity index (χ1n) is 8.68. The molecule has 1 aliphatic heterocycles. The summed E-state index contributed by atoms with van der Waals surface area (Å²) >= 11 is 0. The minimum Gasteiger partial charge on any atom is -0.352 e. The predicted octanol–water partition coefficient (Wildman–Crippen LogP) is 2.31. The quantitative estimate of drug-likeness (QED) is 0.787. The van der Waals surface area contributed by atoms with Crippen LogP contribution in [0.25, 0.3) is 5.52 Å². The Balaban J connectivity index is 1.41. The maximum atomic E-state index is 12.5. The molecule has 1 saturated heterocycles. The van der Waals surface area contributed by atoms with Crippen molar-refractivity contribution in [1.82, 2.24) is 14.9 Å². The van der Waals surface area contributed by atoms with Crippen molar-refractivity contribution in [3.8, 4) is 0 Å². The topological polar surface area (TPSA) is 66.7 Å². The number of anilines is 1. The second-order valence-electron chi connectivity index (χ2n) is 6.66. The van der Waals surface area contributed by atoms with E-state index in [9.17, 15) is 9.59 Å². The van der Waals surface area contributed by atoms with Crippen molar-refractivity contribution < 1.29 is 9.59 Å². The highest BCUT2D eigenvalue weighted by Crippen LogP contribution is 2.25. The molecule has 0 radical (unpaired) electrons. The fraction of sp³-hybridized carbons (Fsp3) is 0.250. The van der Waals surface area contributed by atoms with Crippen molar-refractivity contribution in [2.24, 2.45) is 5.92 Å². The lowest BCUT2D eigenvalue weighted by atomic mass is 10.1. The number of fused-ring (bicyclic) bond motifs is 1. The molecule has 1 aliphatic rings. The van der Waals surface area contributed by atoms with Crippen molar-refractivity contribution in [2.45, 2.75) is 19.9 Å². The molecule has 0 saturated carbocycles. The summed E-state index contributed by atoms with van der Waals surface area (Å²) in [4.78, 5) is 26.5. The first kappa shape index (κ1) is 16.3. The van der Waals surface area contributed by atoms with Gasteiger partial charge in [-0.25, -0.2) is 4.52 Å². The van der Waals surface area contributed by atoms with Gasteiger partial charge in [0.2, 0.25) is 11.8 Å². The van der Waals surface area contributed by atoms with Gasteiger partial charge in [-0.15, -0.1) is 0 Å². The lowest BCUT2D eigenvalue weighted by Gasteiger charge is -2.17. The van der Waals surface area contributed by atoms with E-state index >= 15 is 0 Å². The third kappa shape index (κ3) is 3.06. The molecular weight excluding hydrogens is 328 g/mol. The molecule has 6 heteroatoms. The van der Waals surface area contributed by atoms with Gasteiger partial charge in [-0.05, 0) is 31.2 Å². The summed E-state index contributed by atoms with van der Waals surface area (Å²) in [6, 6.07) is 13.6. The van der Waals surface area contributed by atoms with Gasteiger partial charge in [0.25, 0.3) is 0 Å². The smallest absolute Gasteiger partial charge is 0.227 e. The Hall–Kier alpha value is -3.15. The molecule has 1 fully saturated rings. The molecule has 2 amide bonds. The predicted molar refractivity (Wildman–Crippen MR) is 98.7 cm³/mol. The number of rotatable bonds is 4. The number of nitrogens with zero attached hydrogens (tertiary/aromatic N) is 3. The minimum absolute atomic E-state index is 0.00927. The Morgan fingerprint density at radius 2 is 2.04 bits per heavy atom. The highest BCUT2D eigenvalue weighted by atomic mass is 16.2. The molecule has 0 bridgehead atoms. The number of nitrogens with one attached hydrogen (secondary N) is 1. The summed E-state index contributed by atoms with van der Waals surface area (Å²) in [6.45, 7) is 2.83. The molecule has 0 aliphatic carbocycles. The molecule has 132 valence electrons. The molecule has 26 heavy (non-hydrogen) atoms. The van der Waals surface area contributed by atoms with Gasteiger partial charge in [-0.3, -0.25) is 9.59 Å². The molecule has 3 aromatic rings. The molecule has 3 heterocycles. The maximum Gasteiger partial charge on any atom is 0.227 e. The van der Waals surface area contributed by atoms with Crippen molar-refractivity contribution in [2.75, 3.05) is 11.4 Å². The Morgan fingerprint density at radius 1 is 1.23 bits per heavy atom. The minimum atomic E-state index is -0.328. The SMILES string of the molecule is Cc1ccc(N2C[C@H](C(=O)NCc3cnn4ccccc34)CC2=O)cc1. The fourth-order valence-electron chi connectivity index (χ4n) is 3.31. The van der Waals surface area contributed by atoms with Crippen LogP contribution < -0.4 is 10.2 Å². The average Bonchev–Trinajstić information content (AvgIpc) is 3.24. The summed E-state index contributed by atoms with van der Waals surface area (Å²) < 4.78 is 1.78. The van der Waals surface area contributed by atoms with Gasteiger partial charge in [0.1, 0.15) is 0 Å². The standard InChI is InChI=1S/C20H20N4O2/c1-14-5-7-17(8-6-14)23-13-15(10-19(23)25)20(26)21-11-16-12-22-24-9-3-2-4-18(16)24/h2-9,12,15H,10-11,13H2,1H3,(H,21,26)/t15-/m1/s1. The largest absolute Gasteiger partial charge is 0.352 e. The molecule has 1 atom stereocenters. The van der Waals surface area contributed by atoms with Crippen LogP contribution in [0.2, 0.25) is 0 Å². The molecule has 6 nitrogen and oxygen atoms in total. The molecule has 0 spiro atoms. The van der Waals surface area contributed by atoms with E-state index in [2.05, 4.69) is 10.4 Å². The van der Waals surface area contributed by atoms with E-state index in [1.54, 1.807) is 15.6 Å². The fourth-order valence-corrected chi connectivity index (χ4v) is 3.31. The second-order valence-corrected chi connectivity index (χ2v) is 6.66.